The van der Waals surface area contributed by atoms with Crippen LogP contribution in [0.1, 0.15) is 230 Å². The Morgan fingerprint density at radius 2 is 0.579 bits per heavy atom. The Morgan fingerprint density at radius 3 is 0.825 bits per heavy atom. The minimum Gasteiger partial charge on any atom is -0.317 e. The first kappa shape index (κ1) is 51.2. The number of nitrogens with one attached hydrogen (secondary N) is 2. The molecule has 2 N–H and O–H groups in total. The molecule has 0 saturated heterocycles. The molecule has 0 fully saturated rings. The number of thioether (sulfide) groups is 2. The van der Waals surface area contributed by atoms with Crippen LogP contribution in [0.15, 0.2) is 48.5 Å². The standard InChI is InChI=1S/C51H86N2O2S2/c1-3-5-7-9-11-13-15-17-19-21-23-25-27-29-31-33-43-56-50(54)52-48-39-35-46(36-40-48)45-47-37-41-49(42-38-47)53-51(55)57-44-34-32-30-28-26-24-22-20-18-16-14-12-10-8-6-4-2/h35-42H,3-34,43-45H2,1-2H3,(H,52,54)(H,53,55). The van der Waals surface area contributed by atoms with E-state index in [1.807, 2.05) is 24.3 Å². The van der Waals surface area contributed by atoms with Crippen molar-refractivity contribution in [2.45, 2.75) is 226 Å². The first-order valence-electron chi connectivity index (χ1n) is 24.2. The first-order valence-corrected chi connectivity index (χ1v) is 26.1. The Balaban J connectivity index is 1.41. The number of carbonyl (C=O) groups is 2. The zero-order valence-corrected chi connectivity index (χ0v) is 38.6. The summed E-state index contributed by atoms with van der Waals surface area (Å²) in [4.78, 5) is 24.9. The highest BCUT2D eigenvalue weighted by Crippen LogP contribution is 2.21. The highest BCUT2D eigenvalue weighted by atomic mass is 32.2. The largest absolute Gasteiger partial charge is 0.317 e. The van der Waals surface area contributed by atoms with E-state index in [-0.39, 0.29) is 10.5 Å². The summed E-state index contributed by atoms with van der Waals surface area (Å²) in [5.74, 6) is 1.77. The van der Waals surface area contributed by atoms with E-state index in [2.05, 4.69) is 48.7 Å². The van der Waals surface area contributed by atoms with Crippen molar-refractivity contribution in [1.29, 1.82) is 0 Å². The zero-order valence-electron chi connectivity index (χ0n) is 37.0. The Labute approximate surface area is 360 Å². The van der Waals surface area contributed by atoms with E-state index in [0.29, 0.717) is 0 Å². The molecule has 6 heteroatoms. The highest BCUT2D eigenvalue weighted by molar-refractivity contribution is 8.14. The van der Waals surface area contributed by atoms with Gasteiger partial charge in [0.15, 0.2) is 0 Å². The van der Waals surface area contributed by atoms with Gasteiger partial charge in [0.1, 0.15) is 0 Å². The number of amides is 2. The quantitative estimate of drug-likeness (QED) is 0.0663. The van der Waals surface area contributed by atoms with Gasteiger partial charge in [-0.25, -0.2) is 0 Å². The van der Waals surface area contributed by atoms with Crippen molar-refractivity contribution >= 4 is 45.4 Å². The lowest BCUT2D eigenvalue weighted by atomic mass is 10.0. The second kappa shape index (κ2) is 38.3. The fourth-order valence-electron chi connectivity index (χ4n) is 7.59. The van der Waals surface area contributed by atoms with Gasteiger partial charge in [0.2, 0.25) is 0 Å². The summed E-state index contributed by atoms with van der Waals surface area (Å²) in [7, 11) is 0. The van der Waals surface area contributed by atoms with E-state index in [1.54, 1.807) is 0 Å². The lowest BCUT2D eigenvalue weighted by Crippen LogP contribution is -2.06. The van der Waals surface area contributed by atoms with E-state index in [4.69, 9.17) is 0 Å². The Bertz CT molecular complexity index is 1110. The van der Waals surface area contributed by atoms with Gasteiger partial charge in [-0.1, -0.05) is 254 Å². The maximum absolute atomic E-state index is 12.5. The molecule has 0 unspecified atom stereocenters. The molecule has 324 valence electrons. The molecule has 0 radical (unpaired) electrons. The van der Waals surface area contributed by atoms with E-state index < -0.39 is 0 Å². The molecule has 2 aromatic rings. The molecule has 57 heavy (non-hydrogen) atoms. The van der Waals surface area contributed by atoms with Gasteiger partial charge in [0.25, 0.3) is 10.5 Å². The fourth-order valence-corrected chi connectivity index (χ4v) is 9.03. The highest BCUT2D eigenvalue weighted by Gasteiger charge is 2.06. The fraction of sp³-hybridized carbons (Fsp3) is 0.725. The topological polar surface area (TPSA) is 58.2 Å². The van der Waals surface area contributed by atoms with Crippen molar-refractivity contribution < 1.29 is 9.59 Å². The van der Waals surface area contributed by atoms with Crippen LogP contribution in [-0.2, 0) is 6.42 Å². The molecule has 0 aliphatic rings. The molecule has 4 nitrogen and oxygen atoms in total. The number of hydrogen-bond acceptors (Lipinski definition) is 4. The second-order valence-corrected chi connectivity index (χ2v) is 18.8. The van der Waals surface area contributed by atoms with Crippen molar-refractivity contribution in [3.63, 3.8) is 0 Å². The van der Waals surface area contributed by atoms with Gasteiger partial charge in [0, 0.05) is 22.9 Å². The van der Waals surface area contributed by atoms with Crippen molar-refractivity contribution in [1.82, 2.24) is 0 Å². The predicted octanol–water partition coefficient (Wildman–Crippen LogP) is 18.3. The third-order valence-electron chi connectivity index (χ3n) is 11.3. The monoisotopic (exact) mass is 823 g/mol. The van der Waals surface area contributed by atoms with Gasteiger partial charge in [-0.3, -0.25) is 9.59 Å². The summed E-state index contributed by atoms with van der Waals surface area (Å²) in [6.07, 6.45) is 44.5. The molecule has 0 spiro atoms. The maximum Gasteiger partial charge on any atom is 0.283 e. The van der Waals surface area contributed by atoms with Gasteiger partial charge in [-0.15, -0.1) is 0 Å². The molecular weight excluding hydrogens is 737 g/mol. The molecule has 0 aliphatic carbocycles. The van der Waals surface area contributed by atoms with Gasteiger partial charge in [-0.2, -0.15) is 0 Å². The average Bonchev–Trinajstić information content (AvgIpc) is 3.21. The predicted molar refractivity (Wildman–Crippen MR) is 258 cm³/mol. The molecule has 2 rings (SSSR count). The zero-order chi connectivity index (χ0) is 40.7. The lowest BCUT2D eigenvalue weighted by Gasteiger charge is -2.08. The number of anilines is 2. The van der Waals surface area contributed by atoms with Crippen LogP contribution >= 0.6 is 23.5 Å². The lowest BCUT2D eigenvalue weighted by molar-refractivity contribution is 0.269. The summed E-state index contributed by atoms with van der Waals surface area (Å²) in [5, 5.41) is 6.14. The number of hydrogen-bond donors (Lipinski definition) is 2. The van der Waals surface area contributed by atoms with Crippen LogP contribution in [0.2, 0.25) is 0 Å². The molecule has 2 amide bonds. The van der Waals surface area contributed by atoms with Crippen LogP contribution in [0.3, 0.4) is 0 Å². The third-order valence-corrected chi connectivity index (χ3v) is 13.0. The van der Waals surface area contributed by atoms with Crippen molar-refractivity contribution in [3.05, 3.63) is 59.7 Å². The molecule has 2 aromatic carbocycles. The van der Waals surface area contributed by atoms with Crippen LogP contribution in [0.25, 0.3) is 0 Å². The maximum atomic E-state index is 12.5. The van der Waals surface area contributed by atoms with Gasteiger partial charge in [-0.05, 0) is 54.7 Å². The number of unbranched alkanes of at least 4 members (excludes halogenated alkanes) is 30. The third kappa shape index (κ3) is 31.6. The molecule has 0 aromatic heterocycles. The van der Waals surface area contributed by atoms with E-state index in [9.17, 15) is 9.59 Å². The summed E-state index contributed by atoms with van der Waals surface area (Å²) >= 11 is 2.80. The first-order chi connectivity index (χ1) is 28.1. The molecule has 0 atom stereocenters. The number of carbonyl (C=O) groups excluding carboxylic acids is 2. The summed E-state index contributed by atoms with van der Waals surface area (Å²) in [6.45, 7) is 4.57. The van der Waals surface area contributed by atoms with Crippen molar-refractivity contribution in [3.8, 4) is 0 Å². The molecule has 0 aliphatic heterocycles. The van der Waals surface area contributed by atoms with E-state index in [1.165, 1.54) is 227 Å². The Hall–Kier alpha value is -1.92. The van der Waals surface area contributed by atoms with E-state index in [0.717, 1.165) is 42.1 Å². The summed E-state index contributed by atoms with van der Waals surface area (Å²) in [6, 6.07) is 16.3. The Morgan fingerprint density at radius 1 is 0.351 bits per heavy atom. The SMILES string of the molecule is CCCCCCCCCCCCCCCCCCSC(=O)Nc1ccc(Cc2ccc(NC(=O)SCCCCCCCCCCCCCCCCCC)cc2)cc1. The second-order valence-electron chi connectivity index (χ2n) is 16.7. The molecule has 0 heterocycles. The van der Waals surface area contributed by atoms with Gasteiger partial charge >= 0.3 is 0 Å². The van der Waals surface area contributed by atoms with E-state index >= 15 is 0 Å². The van der Waals surface area contributed by atoms with Gasteiger partial charge < -0.3 is 10.6 Å². The summed E-state index contributed by atoms with van der Waals surface area (Å²) in [5.41, 5.74) is 4.08. The number of rotatable bonds is 38. The van der Waals surface area contributed by atoms with Crippen LogP contribution in [0.5, 0.6) is 0 Å². The Kier molecular flexibility index (Phi) is 34.4. The van der Waals surface area contributed by atoms with Crippen molar-refractivity contribution in [2.75, 3.05) is 22.1 Å². The van der Waals surface area contributed by atoms with Crippen molar-refractivity contribution in [2.24, 2.45) is 0 Å². The van der Waals surface area contributed by atoms with Crippen LogP contribution in [0, 0.1) is 0 Å². The molecule has 0 saturated carbocycles. The van der Waals surface area contributed by atoms with Crippen LogP contribution in [-0.4, -0.2) is 22.0 Å². The minimum absolute atomic E-state index is 0.0320. The normalized spacial score (nSPS) is 11.3. The summed E-state index contributed by atoms with van der Waals surface area (Å²) < 4.78 is 0. The smallest absolute Gasteiger partial charge is 0.283 e. The average molecular weight is 823 g/mol. The van der Waals surface area contributed by atoms with Crippen LogP contribution in [0.4, 0.5) is 21.0 Å². The molecular formula is C51H86N2O2S2. The number of benzene rings is 2. The van der Waals surface area contributed by atoms with Crippen LogP contribution < -0.4 is 10.6 Å². The van der Waals surface area contributed by atoms with Gasteiger partial charge in [0.05, 0.1) is 0 Å². The molecule has 0 bridgehead atoms. The minimum atomic E-state index is 0.0320.